The maximum atomic E-state index is 12.9. The Kier molecular flexibility index (Phi) is 5.71. The molecule has 1 aliphatic rings. The normalized spacial score (nSPS) is 13.3. The number of fused-ring (bicyclic) bond motifs is 1. The molecule has 168 valence electrons. The number of alkyl halides is 3. The Bertz CT molecular complexity index is 1220. The molecule has 0 radical (unpaired) electrons. The van der Waals surface area contributed by atoms with Crippen LogP contribution in [0.15, 0.2) is 41.3 Å². The minimum absolute atomic E-state index is 0.129. The minimum Gasteiger partial charge on any atom is -0.348 e. The summed E-state index contributed by atoms with van der Waals surface area (Å²) >= 11 is 0. The van der Waals surface area contributed by atoms with Crippen LogP contribution in [-0.4, -0.2) is 15.5 Å². The van der Waals surface area contributed by atoms with Gasteiger partial charge in [0.15, 0.2) is 0 Å². The summed E-state index contributed by atoms with van der Waals surface area (Å²) in [7, 11) is 0. The Morgan fingerprint density at radius 1 is 1.16 bits per heavy atom. The van der Waals surface area contributed by atoms with Crippen LogP contribution in [-0.2, 0) is 32.1 Å². The van der Waals surface area contributed by atoms with Gasteiger partial charge in [-0.2, -0.15) is 13.2 Å². The molecular formula is C24H24F3N3O2. The van der Waals surface area contributed by atoms with E-state index in [0.717, 1.165) is 48.2 Å². The van der Waals surface area contributed by atoms with Crippen molar-refractivity contribution in [2.45, 2.75) is 52.4 Å². The maximum absolute atomic E-state index is 12.9. The van der Waals surface area contributed by atoms with Crippen LogP contribution in [0.1, 0.15) is 56.0 Å². The molecule has 1 aliphatic carbocycles. The summed E-state index contributed by atoms with van der Waals surface area (Å²) in [6, 6.07) is 6.87. The molecule has 8 heteroatoms. The second-order valence-corrected chi connectivity index (χ2v) is 8.26. The summed E-state index contributed by atoms with van der Waals surface area (Å²) < 4.78 is 40.2. The first-order valence-corrected chi connectivity index (χ1v) is 10.5. The van der Waals surface area contributed by atoms with Crippen LogP contribution in [0.25, 0.3) is 0 Å². The van der Waals surface area contributed by atoms with Crippen molar-refractivity contribution in [1.82, 2.24) is 14.9 Å². The number of carbonyl (C=O) groups excluding carboxylic acids is 1. The van der Waals surface area contributed by atoms with Gasteiger partial charge in [0.2, 0.25) is 0 Å². The van der Waals surface area contributed by atoms with E-state index in [2.05, 4.69) is 10.3 Å². The van der Waals surface area contributed by atoms with Crippen molar-refractivity contribution in [3.05, 3.63) is 91.7 Å². The number of nitrogens with one attached hydrogen (secondary N) is 2. The van der Waals surface area contributed by atoms with Crippen LogP contribution in [0.4, 0.5) is 13.2 Å². The summed E-state index contributed by atoms with van der Waals surface area (Å²) in [5.74, 6) is -0.286. The zero-order valence-electron chi connectivity index (χ0n) is 17.9. The molecule has 0 spiro atoms. The zero-order chi connectivity index (χ0) is 23.0. The predicted molar refractivity (Wildman–Crippen MR) is 115 cm³/mol. The number of hydrogen-bond donors (Lipinski definition) is 2. The minimum atomic E-state index is -4.37. The Morgan fingerprint density at radius 2 is 1.88 bits per heavy atom. The SMILES string of the molecule is Cc1cn(Cc2ccc(C(F)(F)F)cc2)c(C)c1C(=O)NCc1cc2c([nH]c1=O)CCC2. The summed E-state index contributed by atoms with van der Waals surface area (Å²) in [6.07, 6.45) is 0.264. The molecular weight excluding hydrogens is 419 g/mol. The van der Waals surface area contributed by atoms with Gasteiger partial charge in [-0.1, -0.05) is 12.1 Å². The van der Waals surface area contributed by atoms with E-state index in [4.69, 9.17) is 0 Å². The van der Waals surface area contributed by atoms with Gasteiger partial charge in [0.25, 0.3) is 11.5 Å². The summed E-state index contributed by atoms with van der Waals surface area (Å²) in [5.41, 5.74) is 4.45. The molecule has 1 aromatic carbocycles. The first kappa shape index (κ1) is 21.9. The molecule has 5 nitrogen and oxygen atoms in total. The highest BCUT2D eigenvalue weighted by Crippen LogP contribution is 2.29. The van der Waals surface area contributed by atoms with Gasteiger partial charge in [-0.05, 0) is 68.0 Å². The number of amides is 1. The molecule has 2 N–H and O–H groups in total. The van der Waals surface area contributed by atoms with E-state index in [0.29, 0.717) is 28.9 Å². The topological polar surface area (TPSA) is 66.9 Å². The number of halogens is 3. The Morgan fingerprint density at radius 3 is 2.56 bits per heavy atom. The van der Waals surface area contributed by atoms with Crippen LogP contribution in [0.2, 0.25) is 0 Å². The molecule has 4 rings (SSSR count). The highest BCUT2D eigenvalue weighted by atomic mass is 19.4. The number of carbonyl (C=O) groups is 1. The lowest BCUT2D eigenvalue weighted by atomic mass is 10.1. The fourth-order valence-electron chi connectivity index (χ4n) is 4.29. The van der Waals surface area contributed by atoms with Crippen LogP contribution < -0.4 is 10.9 Å². The molecule has 0 fully saturated rings. The highest BCUT2D eigenvalue weighted by Gasteiger charge is 2.30. The van der Waals surface area contributed by atoms with E-state index >= 15 is 0 Å². The smallest absolute Gasteiger partial charge is 0.348 e. The summed E-state index contributed by atoms with van der Waals surface area (Å²) in [6.45, 7) is 4.09. The number of rotatable bonds is 5. The van der Waals surface area contributed by atoms with E-state index in [1.165, 1.54) is 12.1 Å². The third kappa shape index (κ3) is 4.35. The molecule has 1 amide bonds. The van der Waals surface area contributed by atoms with E-state index in [1.54, 1.807) is 6.92 Å². The Balaban J connectivity index is 1.48. The van der Waals surface area contributed by atoms with E-state index < -0.39 is 11.7 Å². The zero-order valence-corrected chi connectivity index (χ0v) is 17.9. The lowest BCUT2D eigenvalue weighted by molar-refractivity contribution is -0.137. The lowest BCUT2D eigenvalue weighted by Crippen LogP contribution is -2.28. The molecule has 0 atom stereocenters. The van der Waals surface area contributed by atoms with Crippen LogP contribution in [0, 0.1) is 13.8 Å². The number of hydrogen-bond acceptors (Lipinski definition) is 2. The Hall–Kier alpha value is -3.29. The quantitative estimate of drug-likeness (QED) is 0.618. The van der Waals surface area contributed by atoms with Gasteiger partial charge in [-0.15, -0.1) is 0 Å². The second-order valence-electron chi connectivity index (χ2n) is 8.26. The number of pyridine rings is 1. The monoisotopic (exact) mass is 443 g/mol. The van der Waals surface area contributed by atoms with E-state index in [9.17, 15) is 22.8 Å². The van der Waals surface area contributed by atoms with E-state index in [-0.39, 0.29) is 18.0 Å². The van der Waals surface area contributed by atoms with Crippen molar-refractivity contribution < 1.29 is 18.0 Å². The molecule has 2 aromatic heterocycles. The lowest BCUT2D eigenvalue weighted by Gasteiger charge is -2.11. The predicted octanol–water partition coefficient (Wildman–Crippen LogP) is 4.28. The fourth-order valence-corrected chi connectivity index (χ4v) is 4.29. The van der Waals surface area contributed by atoms with Crippen molar-refractivity contribution in [3.63, 3.8) is 0 Å². The Labute approximate surface area is 183 Å². The van der Waals surface area contributed by atoms with Crippen molar-refractivity contribution >= 4 is 5.91 Å². The summed E-state index contributed by atoms with van der Waals surface area (Å²) in [5, 5.41) is 2.83. The molecule has 0 aliphatic heterocycles. The van der Waals surface area contributed by atoms with Crippen molar-refractivity contribution in [2.24, 2.45) is 0 Å². The van der Waals surface area contributed by atoms with E-state index in [1.807, 2.05) is 23.8 Å². The molecule has 0 saturated carbocycles. The van der Waals surface area contributed by atoms with Gasteiger partial charge in [0.05, 0.1) is 11.1 Å². The van der Waals surface area contributed by atoms with Crippen molar-refractivity contribution in [1.29, 1.82) is 0 Å². The number of nitrogens with zero attached hydrogens (tertiary/aromatic N) is 1. The third-order valence-corrected chi connectivity index (χ3v) is 6.00. The molecule has 0 bridgehead atoms. The standard InChI is InChI=1S/C24H24F3N3O2/c1-14-12-30(13-16-6-8-19(9-7-16)24(25,26)27)15(2)21(14)23(32)28-11-18-10-17-4-3-5-20(17)29-22(18)31/h6-10,12H,3-5,11,13H2,1-2H3,(H,28,32)(H,29,31). The van der Waals surface area contributed by atoms with Gasteiger partial charge < -0.3 is 14.9 Å². The first-order chi connectivity index (χ1) is 15.1. The van der Waals surface area contributed by atoms with Crippen LogP contribution in [0.5, 0.6) is 0 Å². The largest absolute Gasteiger partial charge is 0.416 e. The maximum Gasteiger partial charge on any atom is 0.416 e. The van der Waals surface area contributed by atoms with Crippen molar-refractivity contribution in [3.8, 4) is 0 Å². The molecule has 32 heavy (non-hydrogen) atoms. The van der Waals surface area contributed by atoms with Crippen LogP contribution >= 0.6 is 0 Å². The van der Waals surface area contributed by atoms with Gasteiger partial charge in [0, 0.05) is 36.2 Å². The number of aromatic amines is 1. The van der Waals surface area contributed by atoms with Gasteiger partial charge in [-0.25, -0.2) is 0 Å². The van der Waals surface area contributed by atoms with Crippen molar-refractivity contribution in [2.75, 3.05) is 0 Å². The third-order valence-electron chi connectivity index (χ3n) is 6.00. The number of benzene rings is 1. The molecule has 3 aromatic rings. The van der Waals surface area contributed by atoms with Gasteiger partial charge in [0.1, 0.15) is 0 Å². The average Bonchev–Trinajstić information content (AvgIpc) is 3.29. The average molecular weight is 443 g/mol. The number of H-pyrrole nitrogens is 1. The fraction of sp³-hybridized carbons (Fsp3) is 0.333. The van der Waals surface area contributed by atoms with Gasteiger partial charge >= 0.3 is 6.18 Å². The summed E-state index contributed by atoms with van der Waals surface area (Å²) in [4.78, 5) is 28.0. The first-order valence-electron chi connectivity index (χ1n) is 10.5. The second kappa shape index (κ2) is 8.33. The number of aryl methyl sites for hydroxylation is 3. The number of aromatic nitrogens is 2. The molecule has 0 saturated heterocycles. The van der Waals surface area contributed by atoms with Gasteiger partial charge in [-0.3, -0.25) is 9.59 Å². The molecule has 0 unspecified atom stereocenters. The highest BCUT2D eigenvalue weighted by molar-refractivity contribution is 5.96. The molecule has 2 heterocycles. The van der Waals surface area contributed by atoms with Crippen LogP contribution in [0.3, 0.4) is 0 Å².